The molecule has 2 N–H and O–H groups in total. The van der Waals surface area contributed by atoms with Crippen LogP contribution in [0.25, 0.3) is 0 Å². The fourth-order valence-electron chi connectivity index (χ4n) is 2.81. The summed E-state index contributed by atoms with van der Waals surface area (Å²) < 4.78 is 32.9. The van der Waals surface area contributed by atoms with Crippen LogP contribution in [0.5, 0.6) is 5.75 Å². The Bertz CT molecular complexity index is 1270. The fraction of sp³-hybridized carbons (Fsp3) is 0.150. The fourth-order valence-corrected chi connectivity index (χ4v) is 4.94. The predicted molar refractivity (Wildman–Crippen MR) is 119 cm³/mol. The van der Waals surface area contributed by atoms with Crippen molar-refractivity contribution >= 4 is 38.3 Å². The Morgan fingerprint density at radius 3 is 2.56 bits per heavy atom. The molecule has 0 amide bonds. The van der Waals surface area contributed by atoms with Crippen LogP contribution in [-0.2, 0) is 14.8 Å². The molecule has 10 nitrogen and oxygen atoms in total. The zero-order chi connectivity index (χ0) is 22.9. The van der Waals surface area contributed by atoms with Gasteiger partial charge in [0.15, 0.2) is 12.4 Å². The van der Waals surface area contributed by atoms with E-state index >= 15 is 0 Å². The lowest BCUT2D eigenvalue weighted by Gasteiger charge is -2.23. The summed E-state index contributed by atoms with van der Waals surface area (Å²) in [6.45, 7) is 3.23. The van der Waals surface area contributed by atoms with Crippen molar-refractivity contribution in [3.8, 4) is 5.75 Å². The number of hydrogen-bond acceptors (Lipinski definition) is 9. The van der Waals surface area contributed by atoms with Gasteiger partial charge < -0.3 is 9.84 Å². The third-order valence-corrected chi connectivity index (χ3v) is 7.10. The lowest BCUT2D eigenvalue weighted by molar-refractivity contribution is -0.139. The molecular weight excluding hydrogens is 454 g/mol. The van der Waals surface area contributed by atoms with E-state index in [1.807, 2.05) is 13.8 Å². The normalized spacial score (nSPS) is 14.2. The minimum absolute atomic E-state index is 0.0810. The monoisotopic (exact) mass is 473 g/mol. The van der Waals surface area contributed by atoms with Crippen LogP contribution in [-0.4, -0.2) is 41.4 Å². The van der Waals surface area contributed by atoms with Gasteiger partial charge in [-0.05, 0) is 38.1 Å². The van der Waals surface area contributed by atoms with Gasteiger partial charge in [0.05, 0.1) is 10.6 Å². The van der Waals surface area contributed by atoms with Gasteiger partial charge in [0, 0.05) is 15.0 Å². The molecule has 0 radical (unpaired) electrons. The summed E-state index contributed by atoms with van der Waals surface area (Å²) >= 11 is 1.31. The van der Waals surface area contributed by atoms with Gasteiger partial charge in [0.25, 0.3) is 10.0 Å². The number of hydrazone groups is 1. The number of hydrazine groups is 2. The van der Waals surface area contributed by atoms with Crippen molar-refractivity contribution in [1.29, 1.82) is 0 Å². The standard InChI is InChI=1S/C20H19N5O5S2/c1-13-14(2)31-20(21-13)24-22-19(15-7-6-8-16(11-15)30-12-18(26)27)23-25(24)32(28,29)17-9-4-3-5-10-17/h3-11H,12H2,1-2H3,(H,22,23)(H,26,27). The molecule has 0 saturated carbocycles. The predicted octanol–water partition coefficient (Wildman–Crippen LogP) is 2.52. The first-order chi connectivity index (χ1) is 15.3. The van der Waals surface area contributed by atoms with Crippen molar-refractivity contribution in [2.75, 3.05) is 11.7 Å². The number of hydrogen-bond donors (Lipinski definition) is 2. The number of carbonyl (C=O) groups is 1. The van der Waals surface area contributed by atoms with Crippen molar-refractivity contribution in [1.82, 2.24) is 14.9 Å². The molecule has 2 aromatic carbocycles. The number of carboxylic acid groups (broad SMARTS) is 1. The number of carboxylic acids is 1. The molecule has 1 aliphatic heterocycles. The van der Waals surface area contributed by atoms with Gasteiger partial charge in [-0.2, -0.15) is 0 Å². The number of rotatable bonds is 7. The topological polar surface area (TPSA) is 124 Å². The van der Waals surface area contributed by atoms with E-state index in [0.717, 1.165) is 15.1 Å². The SMILES string of the molecule is Cc1nc(N2N=C(c3cccc(OCC(=O)O)c3)NN2S(=O)(=O)c2ccccc2)sc1C. The van der Waals surface area contributed by atoms with E-state index in [-0.39, 0.29) is 10.7 Å². The second-order valence-electron chi connectivity index (χ2n) is 6.76. The second kappa shape index (κ2) is 8.57. The number of sulfonamides is 1. The molecule has 0 aliphatic carbocycles. The molecule has 0 saturated heterocycles. The number of nitrogens with one attached hydrogen (secondary N) is 1. The number of aromatic nitrogens is 1. The average Bonchev–Trinajstić information content (AvgIpc) is 3.37. The van der Waals surface area contributed by atoms with Crippen LogP contribution in [0.2, 0.25) is 0 Å². The van der Waals surface area contributed by atoms with Crippen LogP contribution in [0.1, 0.15) is 16.1 Å². The molecule has 0 fully saturated rings. The molecule has 1 aromatic heterocycles. The smallest absolute Gasteiger partial charge is 0.341 e. The minimum atomic E-state index is -4.02. The van der Waals surface area contributed by atoms with Crippen molar-refractivity contribution in [2.24, 2.45) is 5.10 Å². The zero-order valence-corrected chi connectivity index (χ0v) is 18.7. The average molecular weight is 474 g/mol. The summed E-state index contributed by atoms with van der Waals surface area (Å²) in [5, 5.41) is 14.9. The van der Waals surface area contributed by atoms with Crippen molar-refractivity contribution < 1.29 is 23.1 Å². The van der Waals surface area contributed by atoms with Gasteiger partial charge in [0.1, 0.15) is 5.75 Å². The van der Waals surface area contributed by atoms with Gasteiger partial charge in [0.2, 0.25) is 5.13 Å². The molecule has 4 rings (SSSR count). The van der Waals surface area contributed by atoms with Crippen LogP contribution in [0.3, 0.4) is 0 Å². The highest BCUT2D eigenvalue weighted by atomic mass is 32.2. The summed E-state index contributed by atoms with van der Waals surface area (Å²) in [6, 6.07) is 14.5. The van der Waals surface area contributed by atoms with Gasteiger partial charge in [-0.1, -0.05) is 41.7 Å². The van der Waals surface area contributed by atoms with E-state index in [9.17, 15) is 13.2 Å². The number of anilines is 1. The Balaban J connectivity index is 1.73. The van der Waals surface area contributed by atoms with E-state index in [2.05, 4.69) is 15.5 Å². The first-order valence-corrected chi connectivity index (χ1v) is 11.7. The third kappa shape index (κ3) is 4.28. The maximum atomic E-state index is 13.4. The molecule has 0 bridgehead atoms. The van der Waals surface area contributed by atoms with E-state index in [1.54, 1.807) is 42.5 Å². The summed E-state index contributed by atoms with van der Waals surface area (Å²) in [4.78, 5) is 16.2. The van der Waals surface area contributed by atoms with Crippen LogP contribution in [0.4, 0.5) is 5.13 Å². The third-order valence-electron chi connectivity index (χ3n) is 4.50. The molecule has 1 aliphatic rings. The minimum Gasteiger partial charge on any atom is -0.482 e. The first kappa shape index (κ1) is 21.7. The van der Waals surface area contributed by atoms with Crippen LogP contribution in [0.15, 0.2) is 64.6 Å². The molecule has 0 unspecified atom stereocenters. The lowest BCUT2D eigenvalue weighted by atomic mass is 10.2. The molecule has 32 heavy (non-hydrogen) atoms. The number of nitrogens with zero attached hydrogens (tertiary/aromatic N) is 4. The second-order valence-corrected chi connectivity index (χ2v) is 9.71. The van der Waals surface area contributed by atoms with Gasteiger partial charge >= 0.3 is 5.97 Å². The highest BCUT2D eigenvalue weighted by Crippen LogP contribution is 2.31. The molecular formula is C20H19N5O5S2. The highest BCUT2D eigenvalue weighted by Gasteiger charge is 2.38. The van der Waals surface area contributed by atoms with Gasteiger partial charge in [-0.15, -0.1) is 10.2 Å². The van der Waals surface area contributed by atoms with Crippen molar-refractivity contribution in [2.45, 2.75) is 18.7 Å². The summed E-state index contributed by atoms with van der Waals surface area (Å²) in [5.74, 6) is -0.561. The lowest BCUT2D eigenvalue weighted by Crippen LogP contribution is -2.48. The van der Waals surface area contributed by atoms with Crippen LogP contribution < -0.4 is 15.3 Å². The maximum Gasteiger partial charge on any atom is 0.341 e. The van der Waals surface area contributed by atoms with E-state index < -0.39 is 22.6 Å². The summed E-state index contributed by atoms with van der Waals surface area (Å²) in [7, 11) is -4.02. The zero-order valence-electron chi connectivity index (χ0n) is 17.1. The van der Waals surface area contributed by atoms with Crippen LogP contribution in [0, 0.1) is 13.8 Å². The van der Waals surface area contributed by atoms with Gasteiger partial charge in [-0.3, -0.25) is 5.43 Å². The summed E-state index contributed by atoms with van der Waals surface area (Å²) in [5.41, 5.74) is 4.11. The number of thiazole rings is 1. The first-order valence-electron chi connectivity index (χ1n) is 9.40. The van der Waals surface area contributed by atoms with E-state index in [4.69, 9.17) is 9.84 Å². The number of aryl methyl sites for hydroxylation is 2. The quantitative estimate of drug-likeness (QED) is 0.536. The Kier molecular flexibility index (Phi) is 5.82. The van der Waals surface area contributed by atoms with E-state index in [1.165, 1.54) is 28.6 Å². The Morgan fingerprint density at radius 2 is 1.91 bits per heavy atom. The largest absolute Gasteiger partial charge is 0.482 e. The van der Waals surface area contributed by atoms with Crippen LogP contribution >= 0.6 is 11.3 Å². The highest BCUT2D eigenvalue weighted by molar-refractivity contribution is 7.89. The Labute approximate surface area is 188 Å². The number of aliphatic carboxylic acids is 1. The molecule has 166 valence electrons. The Hall–Kier alpha value is -3.48. The van der Waals surface area contributed by atoms with Crippen molar-refractivity contribution in [3.05, 3.63) is 70.7 Å². The number of benzene rings is 2. The number of ether oxygens (including phenoxy) is 1. The van der Waals surface area contributed by atoms with Gasteiger partial charge in [-0.25, -0.2) is 18.2 Å². The molecule has 12 heteroatoms. The molecule has 2 heterocycles. The summed E-state index contributed by atoms with van der Waals surface area (Å²) in [6.07, 6.45) is 0. The molecule has 3 aromatic rings. The molecule has 0 atom stereocenters. The number of amidine groups is 1. The molecule has 0 spiro atoms. The van der Waals surface area contributed by atoms with Crippen molar-refractivity contribution in [3.63, 3.8) is 0 Å². The Morgan fingerprint density at radius 1 is 1.16 bits per heavy atom. The maximum absolute atomic E-state index is 13.4. The van der Waals surface area contributed by atoms with E-state index in [0.29, 0.717) is 16.4 Å².